The Morgan fingerprint density at radius 2 is 1.87 bits per heavy atom. The van der Waals surface area contributed by atoms with Crippen LogP contribution in [0.4, 0.5) is 0 Å². The summed E-state index contributed by atoms with van der Waals surface area (Å²) in [6, 6.07) is 12.3. The molecule has 0 saturated heterocycles. The van der Waals surface area contributed by atoms with Crippen molar-refractivity contribution < 1.29 is 14.0 Å². The van der Waals surface area contributed by atoms with Crippen LogP contribution < -0.4 is 9.47 Å². The molecular formula is C16H12Cl2N2O3. The van der Waals surface area contributed by atoms with Crippen molar-refractivity contribution in [2.45, 2.75) is 6.61 Å². The predicted molar refractivity (Wildman–Crippen MR) is 87.1 cm³/mol. The van der Waals surface area contributed by atoms with Gasteiger partial charge in [-0.1, -0.05) is 28.4 Å². The van der Waals surface area contributed by atoms with E-state index in [9.17, 15) is 0 Å². The summed E-state index contributed by atoms with van der Waals surface area (Å²) in [6.07, 6.45) is 0. The minimum atomic E-state index is 0.140. The molecule has 5 nitrogen and oxygen atoms in total. The summed E-state index contributed by atoms with van der Waals surface area (Å²) in [5.74, 6) is 2.09. The molecule has 23 heavy (non-hydrogen) atoms. The number of ether oxygens (including phenoxy) is 2. The lowest BCUT2D eigenvalue weighted by Gasteiger charge is -2.05. The number of hydrogen-bond donors (Lipinski definition) is 0. The van der Waals surface area contributed by atoms with Crippen molar-refractivity contribution in [3.05, 3.63) is 58.3 Å². The maximum Gasteiger partial charge on any atom is 0.258 e. The minimum Gasteiger partial charge on any atom is -0.497 e. The van der Waals surface area contributed by atoms with Gasteiger partial charge in [-0.15, -0.1) is 0 Å². The molecule has 0 fully saturated rings. The molecule has 0 aliphatic heterocycles. The fourth-order valence-corrected chi connectivity index (χ4v) is 2.36. The Balaban J connectivity index is 1.69. The normalized spacial score (nSPS) is 10.6. The van der Waals surface area contributed by atoms with Crippen LogP contribution in [0.25, 0.3) is 11.5 Å². The molecule has 2 aromatic carbocycles. The first-order chi connectivity index (χ1) is 11.2. The zero-order chi connectivity index (χ0) is 16.2. The molecule has 0 unspecified atom stereocenters. The molecular weight excluding hydrogens is 339 g/mol. The molecule has 0 atom stereocenters. The lowest BCUT2D eigenvalue weighted by molar-refractivity contribution is 0.287. The Bertz CT molecular complexity index is 803. The highest BCUT2D eigenvalue weighted by Gasteiger charge is 2.10. The first-order valence-electron chi connectivity index (χ1n) is 6.70. The largest absolute Gasteiger partial charge is 0.497 e. The maximum absolute atomic E-state index is 6.04. The summed E-state index contributed by atoms with van der Waals surface area (Å²) in [7, 11) is 1.61. The van der Waals surface area contributed by atoms with Crippen LogP contribution >= 0.6 is 23.2 Å². The molecule has 0 N–H and O–H groups in total. The van der Waals surface area contributed by atoms with Crippen LogP contribution in [0.3, 0.4) is 0 Å². The highest BCUT2D eigenvalue weighted by Crippen LogP contribution is 2.28. The highest BCUT2D eigenvalue weighted by molar-refractivity contribution is 6.35. The number of methoxy groups -OCH3 is 1. The molecule has 3 rings (SSSR count). The average molecular weight is 351 g/mol. The summed E-state index contributed by atoms with van der Waals surface area (Å²) in [5, 5.41) is 4.86. The van der Waals surface area contributed by atoms with Gasteiger partial charge in [0.2, 0.25) is 5.82 Å². The van der Waals surface area contributed by atoms with Crippen molar-refractivity contribution in [1.82, 2.24) is 10.1 Å². The second kappa shape index (κ2) is 6.89. The van der Waals surface area contributed by atoms with Gasteiger partial charge in [0.05, 0.1) is 12.1 Å². The first kappa shape index (κ1) is 15.6. The van der Waals surface area contributed by atoms with E-state index in [0.29, 0.717) is 27.5 Å². The topological polar surface area (TPSA) is 57.4 Å². The van der Waals surface area contributed by atoms with E-state index in [1.54, 1.807) is 25.3 Å². The van der Waals surface area contributed by atoms with Crippen LogP contribution in [0, 0.1) is 0 Å². The smallest absolute Gasteiger partial charge is 0.258 e. The predicted octanol–water partition coefficient (Wildman–Crippen LogP) is 4.63. The van der Waals surface area contributed by atoms with E-state index in [0.717, 1.165) is 11.3 Å². The van der Waals surface area contributed by atoms with Crippen molar-refractivity contribution in [3.63, 3.8) is 0 Å². The van der Waals surface area contributed by atoms with Gasteiger partial charge in [-0.3, -0.25) is 0 Å². The second-order valence-electron chi connectivity index (χ2n) is 4.61. The number of nitrogens with zero attached hydrogens (tertiary/aromatic N) is 2. The van der Waals surface area contributed by atoms with Crippen molar-refractivity contribution in [1.29, 1.82) is 0 Å². The van der Waals surface area contributed by atoms with Gasteiger partial charge >= 0.3 is 0 Å². The van der Waals surface area contributed by atoms with Gasteiger partial charge in [-0.25, -0.2) is 0 Å². The van der Waals surface area contributed by atoms with Gasteiger partial charge in [0.25, 0.3) is 5.89 Å². The van der Waals surface area contributed by atoms with Crippen molar-refractivity contribution in [2.24, 2.45) is 0 Å². The molecule has 0 radical (unpaired) electrons. The molecule has 0 saturated carbocycles. The van der Waals surface area contributed by atoms with Gasteiger partial charge in [-0.2, -0.15) is 4.98 Å². The van der Waals surface area contributed by atoms with Crippen molar-refractivity contribution in [3.8, 4) is 23.0 Å². The van der Waals surface area contributed by atoms with Crippen LogP contribution in [0.15, 0.2) is 47.0 Å². The lowest BCUT2D eigenvalue weighted by Crippen LogP contribution is -1.98. The molecule has 1 aromatic heterocycles. The molecule has 0 spiro atoms. The third kappa shape index (κ3) is 3.75. The zero-order valence-electron chi connectivity index (χ0n) is 12.1. The van der Waals surface area contributed by atoms with Crippen LogP contribution in [0.5, 0.6) is 11.5 Å². The molecule has 7 heteroatoms. The summed E-state index contributed by atoms with van der Waals surface area (Å²) in [5.41, 5.74) is 0.800. The Kier molecular flexibility index (Phi) is 4.69. The average Bonchev–Trinajstić information content (AvgIpc) is 3.03. The van der Waals surface area contributed by atoms with Gasteiger partial charge in [-0.05, 0) is 42.5 Å². The quantitative estimate of drug-likeness (QED) is 0.671. The SMILES string of the molecule is COc1ccc(-c2nc(COc3ccc(Cl)cc3Cl)no2)cc1. The lowest BCUT2D eigenvalue weighted by atomic mass is 10.2. The Labute approximate surface area is 142 Å². The van der Waals surface area contributed by atoms with Crippen LogP contribution in [0.1, 0.15) is 5.82 Å². The van der Waals surface area contributed by atoms with Gasteiger partial charge in [0.15, 0.2) is 6.61 Å². The van der Waals surface area contributed by atoms with Crippen LogP contribution in [-0.2, 0) is 6.61 Å². The van der Waals surface area contributed by atoms with Crippen molar-refractivity contribution in [2.75, 3.05) is 7.11 Å². The number of rotatable bonds is 5. The fourth-order valence-electron chi connectivity index (χ4n) is 1.90. The van der Waals surface area contributed by atoms with Gasteiger partial charge in [0, 0.05) is 10.6 Å². The Morgan fingerprint density at radius 1 is 1.09 bits per heavy atom. The summed E-state index contributed by atoms with van der Waals surface area (Å²) in [4.78, 5) is 4.29. The van der Waals surface area contributed by atoms with E-state index in [4.69, 9.17) is 37.2 Å². The van der Waals surface area contributed by atoms with Crippen LogP contribution in [0.2, 0.25) is 10.0 Å². The minimum absolute atomic E-state index is 0.140. The van der Waals surface area contributed by atoms with E-state index < -0.39 is 0 Å². The number of halogens is 2. The van der Waals surface area contributed by atoms with Crippen molar-refractivity contribution >= 4 is 23.2 Å². The Morgan fingerprint density at radius 3 is 2.57 bits per heavy atom. The standard InChI is InChI=1S/C16H12Cl2N2O3/c1-21-12-5-2-10(3-6-12)16-19-15(20-23-16)9-22-14-7-4-11(17)8-13(14)18/h2-8H,9H2,1H3. The number of hydrogen-bond acceptors (Lipinski definition) is 5. The summed E-state index contributed by atoms with van der Waals surface area (Å²) in [6.45, 7) is 0.140. The zero-order valence-corrected chi connectivity index (χ0v) is 13.6. The van der Waals surface area contributed by atoms with E-state index in [-0.39, 0.29) is 6.61 Å². The van der Waals surface area contributed by atoms with E-state index in [2.05, 4.69) is 10.1 Å². The third-order valence-corrected chi connectivity index (χ3v) is 3.59. The fraction of sp³-hybridized carbons (Fsp3) is 0.125. The molecule has 0 amide bonds. The number of benzene rings is 2. The molecule has 0 aliphatic rings. The van der Waals surface area contributed by atoms with E-state index in [1.165, 1.54) is 0 Å². The summed E-state index contributed by atoms with van der Waals surface area (Å²) >= 11 is 11.9. The molecule has 0 bridgehead atoms. The first-order valence-corrected chi connectivity index (χ1v) is 7.46. The monoisotopic (exact) mass is 350 g/mol. The Hall–Kier alpha value is -2.24. The molecule has 0 aliphatic carbocycles. The second-order valence-corrected chi connectivity index (χ2v) is 5.45. The van der Waals surface area contributed by atoms with Gasteiger partial charge in [0.1, 0.15) is 11.5 Å². The highest BCUT2D eigenvalue weighted by atomic mass is 35.5. The molecule has 3 aromatic rings. The van der Waals surface area contributed by atoms with E-state index in [1.807, 2.05) is 24.3 Å². The molecule has 1 heterocycles. The van der Waals surface area contributed by atoms with E-state index >= 15 is 0 Å². The number of aromatic nitrogens is 2. The third-order valence-electron chi connectivity index (χ3n) is 3.06. The van der Waals surface area contributed by atoms with Crippen LogP contribution in [-0.4, -0.2) is 17.3 Å². The van der Waals surface area contributed by atoms with Gasteiger partial charge < -0.3 is 14.0 Å². The maximum atomic E-state index is 6.04. The summed E-state index contributed by atoms with van der Waals surface area (Å²) < 4.78 is 15.9. The molecule has 118 valence electrons.